The highest BCUT2D eigenvalue weighted by Crippen LogP contribution is 1.99. The van der Waals surface area contributed by atoms with Crippen molar-refractivity contribution in [2.45, 2.75) is 26.9 Å². The second-order valence-corrected chi connectivity index (χ2v) is 5.29. The van der Waals surface area contributed by atoms with E-state index in [1.807, 2.05) is 16.9 Å². The van der Waals surface area contributed by atoms with E-state index < -0.39 is 0 Å². The van der Waals surface area contributed by atoms with Gasteiger partial charge in [0, 0.05) is 19.9 Å². The predicted octanol–water partition coefficient (Wildman–Crippen LogP) is 1.31. The Kier molecular flexibility index (Phi) is 10.1. The van der Waals surface area contributed by atoms with Gasteiger partial charge in [0.05, 0.1) is 45.3 Å². The first kappa shape index (κ1) is 18.1. The van der Waals surface area contributed by atoms with Crippen LogP contribution in [0, 0.1) is 5.92 Å². The van der Waals surface area contributed by atoms with Gasteiger partial charge in [0.25, 0.3) is 0 Å². The topological polar surface area (TPSA) is 57.5 Å². The molecule has 1 aromatic heterocycles. The molecule has 122 valence electrons. The highest BCUT2D eigenvalue weighted by molar-refractivity contribution is 4.99. The number of aromatic nitrogens is 2. The summed E-state index contributed by atoms with van der Waals surface area (Å²) in [5, 5.41) is 7.75. The fourth-order valence-electron chi connectivity index (χ4n) is 1.82. The summed E-state index contributed by atoms with van der Waals surface area (Å²) in [6.45, 7) is 10.1. The van der Waals surface area contributed by atoms with E-state index >= 15 is 0 Å². The number of hydrogen-bond donors (Lipinski definition) is 1. The third kappa shape index (κ3) is 8.83. The van der Waals surface area contributed by atoms with E-state index in [-0.39, 0.29) is 0 Å². The molecule has 0 amide bonds. The van der Waals surface area contributed by atoms with Crippen LogP contribution in [-0.2, 0) is 27.3 Å². The molecule has 6 nitrogen and oxygen atoms in total. The van der Waals surface area contributed by atoms with Crippen molar-refractivity contribution in [2.75, 3.05) is 46.7 Å². The SMILES string of the molecule is COCCOCCOCCn1nccc1CNCC(C)C. The van der Waals surface area contributed by atoms with Gasteiger partial charge in [-0.2, -0.15) is 5.10 Å². The van der Waals surface area contributed by atoms with Crippen molar-refractivity contribution in [3.63, 3.8) is 0 Å². The summed E-state index contributed by atoms with van der Waals surface area (Å²) in [5.41, 5.74) is 1.19. The Morgan fingerprint density at radius 1 is 1.14 bits per heavy atom. The van der Waals surface area contributed by atoms with Crippen molar-refractivity contribution in [3.8, 4) is 0 Å². The van der Waals surface area contributed by atoms with Gasteiger partial charge in [0.2, 0.25) is 0 Å². The van der Waals surface area contributed by atoms with E-state index in [0.29, 0.717) is 39.0 Å². The Labute approximate surface area is 127 Å². The molecule has 0 aliphatic rings. The number of ether oxygens (including phenoxy) is 3. The van der Waals surface area contributed by atoms with Crippen LogP contribution in [0.25, 0.3) is 0 Å². The number of methoxy groups -OCH3 is 1. The number of nitrogens with zero attached hydrogens (tertiary/aromatic N) is 2. The quantitative estimate of drug-likeness (QED) is 0.557. The lowest BCUT2D eigenvalue weighted by Crippen LogP contribution is -2.22. The summed E-state index contributed by atoms with van der Waals surface area (Å²) in [7, 11) is 1.66. The average molecular weight is 299 g/mol. The number of rotatable bonds is 13. The smallest absolute Gasteiger partial charge is 0.0701 e. The summed E-state index contributed by atoms with van der Waals surface area (Å²) < 4.78 is 17.7. The normalized spacial score (nSPS) is 11.4. The lowest BCUT2D eigenvalue weighted by Gasteiger charge is -2.10. The first-order valence-electron chi connectivity index (χ1n) is 7.60. The van der Waals surface area contributed by atoms with Crippen LogP contribution in [0.15, 0.2) is 12.3 Å². The zero-order valence-corrected chi connectivity index (χ0v) is 13.5. The van der Waals surface area contributed by atoms with Crippen molar-refractivity contribution in [1.29, 1.82) is 0 Å². The maximum absolute atomic E-state index is 5.54. The molecule has 0 saturated heterocycles. The molecule has 21 heavy (non-hydrogen) atoms. The molecule has 1 rings (SSSR count). The van der Waals surface area contributed by atoms with Gasteiger partial charge in [0.1, 0.15) is 0 Å². The van der Waals surface area contributed by atoms with E-state index in [9.17, 15) is 0 Å². The lowest BCUT2D eigenvalue weighted by atomic mass is 10.2. The molecule has 0 bridgehead atoms. The van der Waals surface area contributed by atoms with Gasteiger partial charge < -0.3 is 19.5 Å². The van der Waals surface area contributed by atoms with E-state index in [0.717, 1.165) is 19.6 Å². The average Bonchev–Trinajstić information content (AvgIpc) is 2.89. The molecule has 0 fully saturated rings. The highest BCUT2D eigenvalue weighted by atomic mass is 16.5. The minimum atomic E-state index is 0.602. The molecule has 0 aliphatic heterocycles. The molecule has 1 N–H and O–H groups in total. The number of nitrogens with one attached hydrogen (secondary N) is 1. The summed E-state index contributed by atoms with van der Waals surface area (Å²) in [6, 6.07) is 2.04. The molecular formula is C15H29N3O3. The van der Waals surface area contributed by atoms with Gasteiger partial charge in [-0.1, -0.05) is 13.8 Å². The maximum Gasteiger partial charge on any atom is 0.0701 e. The monoisotopic (exact) mass is 299 g/mol. The summed E-state index contributed by atoms with van der Waals surface area (Å²) in [5.74, 6) is 0.655. The standard InChI is InChI=1S/C15H29N3O3/c1-14(2)12-16-13-15-4-5-17-18(15)6-7-20-10-11-21-9-8-19-3/h4-5,14,16H,6-13H2,1-3H3. The van der Waals surface area contributed by atoms with Crippen LogP contribution in [0.3, 0.4) is 0 Å². The van der Waals surface area contributed by atoms with Gasteiger partial charge in [0.15, 0.2) is 0 Å². The Morgan fingerprint density at radius 3 is 2.57 bits per heavy atom. The van der Waals surface area contributed by atoms with Crippen molar-refractivity contribution < 1.29 is 14.2 Å². The van der Waals surface area contributed by atoms with Crippen LogP contribution in [0.2, 0.25) is 0 Å². The van der Waals surface area contributed by atoms with Crippen LogP contribution in [0.1, 0.15) is 19.5 Å². The molecule has 0 aromatic carbocycles. The molecule has 0 spiro atoms. The molecule has 6 heteroatoms. The third-order valence-corrected chi connectivity index (χ3v) is 2.91. The van der Waals surface area contributed by atoms with Crippen LogP contribution in [0.5, 0.6) is 0 Å². The first-order valence-corrected chi connectivity index (χ1v) is 7.60. The van der Waals surface area contributed by atoms with Crippen LogP contribution < -0.4 is 5.32 Å². The van der Waals surface area contributed by atoms with Crippen molar-refractivity contribution in [3.05, 3.63) is 18.0 Å². The molecule has 0 unspecified atom stereocenters. The second kappa shape index (κ2) is 11.7. The molecule has 0 atom stereocenters. The van der Waals surface area contributed by atoms with Crippen molar-refractivity contribution >= 4 is 0 Å². The Hall–Kier alpha value is -0.950. The van der Waals surface area contributed by atoms with Gasteiger partial charge in [-0.15, -0.1) is 0 Å². The van der Waals surface area contributed by atoms with Gasteiger partial charge >= 0.3 is 0 Å². The summed E-state index contributed by atoms with van der Waals surface area (Å²) >= 11 is 0. The van der Waals surface area contributed by atoms with Crippen molar-refractivity contribution in [2.24, 2.45) is 5.92 Å². The van der Waals surface area contributed by atoms with Gasteiger partial charge in [-0.25, -0.2) is 0 Å². The first-order chi connectivity index (χ1) is 10.2. The highest BCUT2D eigenvalue weighted by Gasteiger charge is 2.02. The van der Waals surface area contributed by atoms with E-state index in [4.69, 9.17) is 14.2 Å². The van der Waals surface area contributed by atoms with E-state index in [1.165, 1.54) is 5.69 Å². The summed E-state index contributed by atoms with van der Waals surface area (Å²) in [4.78, 5) is 0. The molecule has 0 aliphatic carbocycles. The van der Waals surface area contributed by atoms with Gasteiger partial charge in [-0.05, 0) is 18.5 Å². The Balaban J connectivity index is 2.08. The molecule has 1 heterocycles. The molecule has 1 aromatic rings. The lowest BCUT2D eigenvalue weighted by molar-refractivity contribution is 0.0224. The summed E-state index contributed by atoms with van der Waals surface area (Å²) in [6.07, 6.45) is 1.83. The Morgan fingerprint density at radius 2 is 1.86 bits per heavy atom. The van der Waals surface area contributed by atoms with Gasteiger partial charge in [-0.3, -0.25) is 4.68 Å². The maximum atomic E-state index is 5.54. The van der Waals surface area contributed by atoms with Crippen molar-refractivity contribution in [1.82, 2.24) is 15.1 Å². The predicted molar refractivity (Wildman–Crippen MR) is 82.3 cm³/mol. The fourth-order valence-corrected chi connectivity index (χ4v) is 1.82. The third-order valence-electron chi connectivity index (χ3n) is 2.91. The molecular weight excluding hydrogens is 270 g/mol. The van der Waals surface area contributed by atoms with Crippen LogP contribution in [-0.4, -0.2) is 56.5 Å². The van der Waals surface area contributed by atoms with Crippen LogP contribution in [0.4, 0.5) is 0 Å². The fraction of sp³-hybridized carbons (Fsp3) is 0.800. The zero-order chi connectivity index (χ0) is 15.3. The molecule has 0 saturated carbocycles. The van der Waals surface area contributed by atoms with E-state index in [2.05, 4.69) is 24.3 Å². The van der Waals surface area contributed by atoms with Crippen LogP contribution >= 0.6 is 0 Å². The minimum Gasteiger partial charge on any atom is -0.382 e. The Bertz CT molecular complexity index is 356. The van der Waals surface area contributed by atoms with E-state index in [1.54, 1.807) is 7.11 Å². The zero-order valence-electron chi connectivity index (χ0n) is 13.5. The number of hydrogen-bond acceptors (Lipinski definition) is 5. The molecule has 0 radical (unpaired) electrons. The largest absolute Gasteiger partial charge is 0.382 e. The minimum absolute atomic E-state index is 0.602. The second-order valence-electron chi connectivity index (χ2n) is 5.29.